The number of urea groups is 1. The minimum absolute atomic E-state index is 0.161. The maximum Gasteiger partial charge on any atom is 0.315 e. The standard InChI is InChI=1S/C17H28N4O3S/c1-21(2)25(23,24)19-13-12-18-17(22)20-16-10-8-15(9-11-16)14-6-4-3-5-7-14/h3-7,15-16,19H,8-13H2,1-2H3,(H2,18,20,22). The molecule has 0 bridgehead atoms. The zero-order valence-corrected chi connectivity index (χ0v) is 15.7. The third-order valence-electron chi connectivity index (χ3n) is 4.51. The summed E-state index contributed by atoms with van der Waals surface area (Å²) in [6, 6.07) is 10.4. The van der Waals surface area contributed by atoms with Crippen molar-refractivity contribution in [3.8, 4) is 0 Å². The normalized spacial score (nSPS) is 21.1. The van der Waals surface area contributed by atoms with Crippen LogP contribution in [0, 0.1) is 0 Å². The molecule has 0 unspecified atom stereocenters. The second kappa shape index (κ2) is 9.17. The van der Waals surface area contributed by atoms with Gasteiger partial charge in [-0.2, -0.15) is 12.7 Å². The second-order valence-electron chi connectivity index (χ2n) is 6.54. The first kappa shape index (κ1) is 19.7. The van der Waals surface area contributed by atoms with Crippen LogP contribution >= 0.6 is 0 Å². The van der Waals surface area contributed by atoms with Crippen LogP contribution in [-0.2, 0) is 10.2 Å². The monoisotopic (exact) mass is 368 g/mol. The molecule has 0 radical (unpaired) electrons. The van der Waals surface area contributed by atoms with E-state index in [1.165, 1.54) is 19.7 Å². The molecule has 3 N–H and O–H groups in total. The fraction of sp³-hybridized carbons (Fsp3) is 0.588. The van der Waals surface area contributed by atoms with Crippen molar-refractivity contribution in [3.63, 3.8) is 0 Å². The lowest BCUT2D eigenvalue weighted by molar-refractivity contribution is 0.231. The molecule has 2 amide bonds. The largest absolute Gasteiger partial charge is 0.337 e. The van der Waals surface area contributed by atoms with Gasteiger partial charge in [0.05, 0.1) is 0 Å². The summed E-state index contributed by atoms with van der Waals surface area (Å²) in [5.41, 5.74) is 1.37. The van der Waals surface area contributed by atoms with E-state index in [4.69, 9.17) is 0 Å². The number of benzene rings is 1. The predicted molar refractivity (Wildman–Crippen MR) is 98.6 cm³/mol. The van der Waals surface area contributed by atoms with Crippen molar-refractivity contribution in [2.45, 2.75) is 37.6 Å². The molecule has 0 spiro atoms. The molecule has 1 aliphatic carbocycles. The van der Waals surface area contributed by atoms with Crippen LogP contribution in [0.15, 0.2) is 30.3 Å². The van der Waals surface area contributed by atoms with Crippen LogP contribution in [0.2, 0.25) is 0 Å². The Bertz CT molecular complexity index is 641. The van der Waals surface area contributed by atoms with E-state index < -0.39 is 10.2 Å². The summed E-state index contributed by atoms with van der Waals surface area (Å²) in [6.07, 6.45) is 4.05. The summed E-state index contributed by atoms with van der Waals surface area (Å²) in [5.74, 6) is 0.572. The number of carbonyl (C=O) groups is 1. The SMILES string of the molecule is CN(C)S(=O)(=O)NCCNC(=O)NC1CCC(c2ccccc2)CC1. The molecule has 0 heterocycles. The molecule has 7 nitrogen and oxygen atoms in total. The molecule has 1 aliphatic rings. The molecule has 25 heavy (non-hydrogen) atoms. The van der Waals surface area contributed by atoms with Gasteiger partial charge in [0.25, 0.3) is 10.2 Å². The lowest BCUT2D eigenvalue weighted by Gasteiger charge is -2.29. The van der Waals surface area contributed by atoms with Gasteiger partial charge in [-0.05, 0) is 37.2 Å². The van der Waals surface area contributed by atoms with Crippen LogP contribution in [-0.4, -0.2) is 52.0 Å². The highest BCUT2D eigenvalue weighted by Gasteiger charge is 2.23. The Hall–Kier alpha value is -1.64. The van der Waals surface area contributed by atoms with E-state index in [2.05, 4.69) is 39.6 Å². The van der Waals surface area contributed by atoms with Crippen molar-refractivity contribution >= 4 is 16.2 Å². The first-order valence-electron chi connectivity index (χ1n) is 8.65. The highest BCUT2D eigenvalue weighted by molar-refractivity contribution is 7.87. The minimum atomic E-state index is -3.44. The number of nitrogens with one attached hydrogen (secondary N) is 3. The maximum absolute atomic E-state index is 11.9. The van der Waals surface area contributed by atoms with Crippen molar-refractivity contribution in [2.24, 2.45) is 0 Å². The number of rotatable bonds is 7. The van der Waals surface area contributed by atoms with E-state index in [1.807, 2.05) is 6.07 Å². The fourth-order valence-corrected chi connectivity index (χ4v) is 3.64. The smallest absolute Gasteiger partial charge is 0.315 e. The van der Waals surface area contributed by atoms with Gasteiger partial charge in [-0.25, -0.2) is 9.52 Å². The van der Waals surface area contributed by atoms with Crippen LogP contribution in [0.25, 0.3) is 0 Å². The van der Waals surface area contributed by atoms with E-state index in [1.54, 1.807) is 0 Å². The lowest BCUT2D eigenvalue weighted by Crippen LogP contribution is -2.46. The topological polar surface area (TPSA) is 90.5 Å². The van der Waals surface area contributed by atoms with Gasteiger partial charge in [0, 0.05) is 33.2 Å². The quantitative estimate of drug-likeness (QED) is 0.636. The van der Waals surface area contributed by atoms with Crippen molar-refractivity contribution in [1.82, 2.24) is 19.7 Å². The minimum Gasteiger partial charge on any atom is -0.337 e. The molecule has 1 saturated carbocycles. The van der Waals surface area contributed by atoms with E-state index in [9.17, 15) is 13.2 Å². The molecule has 0 aromatic heterocycles. The molecule has 1 fully saturated rings. The Morgan fingerprint density at radius 2 is 1.72 bits per heavy atom. The van der Waals surface area contributed by atoms with Crippen molar-refractivity contribution in [3.05, 3.63) is 35.9 Å². The predicted octanol–water partition coefficient (Wildman–Crippen LogP) is 1.41. The summed E-state index contributed by atoms with van der Waals surface area (Å²) >= 11 is 0. The van der Waals surface area contributed by atoms with Crippen molar-refractivity contribution in [2.75, 3.05) is 27.2 Å². The van der Waals surface area contributed by atoms with E-state index in [-0.39, 0.29) is 25.2 Å². The molecule has 0 saturated heterocycles. The van der Waals surface area contributed by atoms with Gasteiger partial charge in [-0.15, -0.1) is 0 Å². The van der Waals surface area contributed by atoms with E-state index in [0.29, 0.717) is 5.92 Å². The molecule has 0 atom stereocenters. The summed E-state index contributed by atoms with van der Waals surface area (Å²) < 4.78 is 26.5. The third kappa shape index (κ3) is 6.30. The molecule has 140 valence electrons. The Kier molecular flexibility index (Phi) is 7.22. The highest BCUT2D eigenvalue weighted by atomic mass is 32.2. The van der Waals surface area contributed by atoms with Gasteiger partial charge in [-0.1, -0.05) is 30.3 Å². The molecule has 1 aromatic rings. The Balaban J connectivity index is 1.64. The van der Waals surface area contributed by atoms with Crippen molar-refractivity contribution < 1.29 is 13.2 Å². The van der Waals surface area contributed by atoms with E-state index in [0.717, 1.165) is 30.0 Å². The first-order chi connectivity index (χ1) is 11.9. The zero-order chi connectivity index (χ0) is 18.3. The van der Waals surface area contributed by atoms with Gasteiger partial charge in [0.2, 0.25) is 0 Å². The first-order valence-corrected chi connectivity index (χ1v) is 10.1. The molecule has 8 heteroatoms. The Labute approximate surface area is 150 Å². The number of nitrogens with zero attached hydrogens (tertiary/aromatic N) is 1. The molecular weight excluding hydrogens is 340 g/mol. The Morgan fingerprint density at radius 3 is 2.32 bits per heavy atom. The molecule has 1 aromatic carbocycles. The lowest BCUT2D eigenvalue weighted by atomic mass is 9.82. The average molecular weight is 369 g/mol. The van der Waals surface area contributed by atoms with E-state index >= 15 is 0 Å². The maximum atomic E-state index is 11.9. The van der Waals surface area contributed by atoms with Gasteiger partial charge in [0.15, 0.2) is 0 Å². The van der Waals surface area contributed by atoms with Crippen molar-refractivity contribution in [1.29, 1.82) is 0 Å². The second-order valence-corrected chi connectivity index (χ2v) is 8.51. The highest BCUT2D eigenvalue weighted by Crippen LogP contribution is 2.32. The number of carbonyl (C=O) groups excluding carboxylic acids is 1. The fourth-order valence-electron chi connectivity index (χ4n) is 3.02. The number of amides is 2. The van der Waals surface area contributed by atoms with Crippen LogP contribution in [0.5, 0.6) is 0 Å². The Morgan fingerprint density at radius 1 is 1.08 bits per heavy atom. The van der Waals surface area contributed by atoms with Crippen LogP contribution in [0.1, 0.15) is 37.2 Å². The third-order valence-corrected chi connectivity index (χ3v) is 6.04. The average Bonchev–Trinajstić information content (AvgIpc) is 2.60. The molecule has 2 rings (SSSR count). The zero-order valence-electron chi connectivity index (χ0n) is 14.9. The number of hydrogen-bond donors (Lipinski definition) is 3. The van der Waals surface area contributed by atoms with Crippen LogP contribution in [0.4, 0.5) is 4.79 Å². The molecule has 0 aliphatic heterocycles. The summed E-state index contributed by atoms with van der Waals surface area (Å²) in [6.45, 7) is 0.410. The summed E-state index contributed by atoms with van der Waals surface area (Å²) in [4.78, 5) is 11.9. The summed E-state index contributed by atoms with van der Waals surface area (Å²) in [5, 5.41) is 5.66. The number of hydrogen-bond acceptors (Lipinski definition) is 3. The molecular formula is C17H28N4O3S. The van der Waals surface area contributed by atoms with Gasteiger partial charge >= 0.3 is 6.03 Å². The van der Waals surface area contributed by atoms with Gasteiger partial charge < -0.3 is 10.6 Å². The summed E-state index contributed by atoms with van der Waals surface area (Å²) in [7, 11) is -0.539. The van der Waals surface area contributed by atoms with Crippen LogP contribution in [0.3, 0.4) is 0 Å². The van der Waals surface area contributed by atoms with Gasteiger partial charge in [0.1, 0.15) is 0 Å². The van der Waals surface area contributed by atoms with Crippen LogP contribution < -0.4 is 15.4 Å². The van der Waals surface area contributed by atoms with Gasteiger partial charge in [-0.3, -0.25) is 0 Å².